The minimum atomic E-state index is -1.26. The van der Waals surface area contributed by atoms with E-state index in [4.69, 9.17) is 27.5 Å². The third-order valence-electron chi connectivity index (χ3n) is 3.56. The highest BCUT2D eigenvalue weighted by Gasteiger charge is 2.36. The Morgan fingerprint density at radius 2 is 1.95 bits per heavy atom. The number of aliphatic hydroxyl groups is 1. The van der Waals surface area contributed by atoms with Crippen molar-refractivity contribution in [3.05, 3.63) is 35.5 Å². The first-order valence-electron chi connectivity index (χ1n) is 6.87. The molecule has 0 bridgehead atoms. The van der Waals surface area contributed by atoms with Gasteiger partial charge in [0.2, 0.25) is 0 Å². The third kappa shape index (κ3) is 5.29. The molecular weight excluding hydrogens is 310 g/mol. The molecule has 0 heterocycles. The van der Waals surface area contributed by atoms with Crippen molar-refractivity contribution in [1.29, 1.82) is 0 Å². The average Bonchev–Trinajstić information content (AvgIpc) is 2.47. The quantitative estimate of drug-likeness (QED) is 0.459. The Labute approximate surface area is 133 Å². The molecule has 0 fully saturated rings. The first-order valence-corrected chi connectivity index (χ1v) is 7.24. The molecule has 22 heavy (non-hydrogen) atoms. The van der Waals surface area contributed by atoms with Gasteiger partial charge in [0.05, 0.1) is 11.5 Å². The summed E-state index contributed by atoms with van der Waals surface area (Å²) in [5.74, 6) is -2.51. The molecule has 2 unspecified atom stereocenters. The second kappa shape index (κ2) is 8.12. The summed E-state index contributed by atoms with van der Waals surface area (Å²) in [6, 6.07) is 0.213. The Kier molecular flexibility index (Phi) is 6.80. The average molecular weight is 330 g/mol. The molecule has 0 spiro atoms. The highest BCUT2D eigenvalue weighted by atomic mass is 35.5. The molecule has 0 saturated carbocycles. The number of hydrogen-bond donors (Lipinski definition) is 4. The van der Waals surface area contributed by atoms with E-state index in [9.17, 15) is 14.7 Å². The minimum Gasteiger partial charge on any atom is -0.478 e. The van der Waals surface area contributed by atoms with Crippen molar-refractivity contribution in [3.8, 4) is 0 Å². The number of aliphatic carboxylic acids is 2. The van der Waals surface area contributed by atoms with Gasteiger partial charge in [0.1, 0.15) is 0 Å². The molecular formula is C15H20ClNO5. The molecule has 0 amide bonds. The van der Waals surface area contributed by atoms with Crippen LogP contribution in [0, 0.1) is 0 Å². The van der Waals surface area contributed by atoms with Crippen molar-refractivity contribution in [1.82, 2.24) is 0 Å². The van der Waals surface area contributed by atoms with Crippen molar-refractivity contribution in [2.75, 3.05) is 6.61 Å². The summed E-state index contributed by atoms with van der Waals surface area (Å²) in [5.41, 5.74) is 8.38. The lowest BCUT2D eigenvalue weighted by molar-refractivity contribution is -0.134. The molecule has 5 N–H and O–H groups in total. The number of alkyl halides is 1. The van der Waals surface area contributed by atoms with Crippen LogP contribution < -0.4 is 5.73 Å². The summed E-state index contributed by atoms with van der Waals surface area (Å²) in [7, 11) is 0. The van der Waals surface area contributed by atoms with E-state index >= 15 is 0 Å². The van der Waals surface area contributed by atoms with E-state index in [0.29, 0.717) is 12.2 Å². The van der Waals surface area contributed by atoms with E-state index in [-0.39, 0.29) is 12.6 Å². The van der Waals surface area contributed by atoms with E-state index in [1.165, 1.54) is 11.1 Å². The maximum absolute atomic E-state index is 9.55. The van der Waals surface area contributed by atoms with Crippen LogP contribution in [0.4, 0.5) is 0 Å². The smallest absolute Gasteiger partial charge is 0.328 e. The number of rotatable bonds is 3. The Morgan fingerprint density at radius 3 is 2.45 bits per heavy atom. The normalized spacial score (nSPS) is 27.1. The molecule has 0 saturated heterocycles. The highest BCUT2D eigenvalue weighted by Crippen LogP contribution is 2.41. The number of carboxylic acids is 2. The molecule has 2 rings (SSSR count). The van der Waals surface area contributed by atoms with Crippen LogP contribution in [0.25, 0.3) is 0 Å². The minimum absolute atomic E-state index is 0.00441. The molecule has 2 aliphatic rings. The monoisotopic (exact) mass is 329 g/mol. The largest absolute Gasteiger partial charge is 0.478 e. The lowest BCUT2D eigenvalue weighted by Gasteiger charge is -2.36. The van der Waals surface area contributed by atoms with Crippen molar-refractivity contribution in [3.63, 3.8) is 0 Å². The van der Waals surface area contributed by atoms with Gasteiger partial charge < -0.3 is 21.1 Å². The van der Waals surface area contributed by atoms with E-state index in [1.807, 2.05) is 0 Å². The van der Waals surface area contributed by atoms with E-state index < -0.39 is 16.8 Å². The Bertz CT molecular complexity index is 510. The van der Waals surface area contributed by atoms with Crippen LogP contribution >= 0.6 is 11.6 Å². The summed E-state index contributed by atoms with van der Waals surface area (Å²) in [6.45, 7) is 0.00441. The summed E-state index contributed by atoms with van der Waals surface area (Å²) in [4.78, 5) is 18.5. The van der Waals surface area contributed by atoms with Crippen LogP contribution in [0.1, 0.15) is 25.7 Å². The van der Waals surface area contributed by atoms with Crippen LogP contribution in [0.15, 0.2) is 35.5 Å². The highest BCUT2D eigenvalue weighted by molar-refractivity contribution is 6.26. The first-order chi connectivity index (χ1) is 10.3. The predicted octanol–water partition coefficient (Wildman–Crippen LogP) is 1.44. The number of carbonyl (C=O) groups is 2. The van der Waals surface area contributed by atoms with Crippen molar-refractivity contribution < 1.29 is 24.9 Å². The predicted molar refractivity (Wildman–Crippen MR) is 82.7 cm³/mol. The molecule has 0 aromatic carbocycles. The van der Waals surface area contributed by atoms with E-state index in [2.05, 4.69) is 12.2 Å². The molecule has 0 aromatic rings. The zero-order valence-electron chi connectivity index (χ0n) is 12.0. The Hall–Kier alpha value is -1.63. The number of carboxylic acid groups (broad SMARTS) is 2. The zero-order chi connectivity index (χ0) is 16.8. The maximum atomic E-state index is 9.55. The number of hydrogen-bond acceptors (Lipinski definition) is 4. The first kappa shape index (κ1) is 18.4. The topological polar surface area (TPSA) is 121 Å². The van der Waals surface area contributed by atoms with E-state index in [0.717, 1.165) is 25.7 Å². The van der Waals surface area contributed by atoms with Gasteiger partial charge in [0.25, 0.3) is 0 Å². The van der Waals surface area contributed by atoms with Gasteiger partial charge in [-0.1, -0.05) is 12.2 Å². The molecule has 0 radical (unpaired) electrons. The number of allylic oxidation sites excluding steroid dienone is 3. The van der Waals surface area contributed by atoms with Gasteiger partial charge >= 0.3 is 11.9 Å². The van der Waals surface area contributed by atoms with Gasteiger partial charge in [-0.15, -0.1) is 11.6 Å². The molecule has 122 valence electrons. The Morgan fingerprint density at radius 1 is 1.36 bits per heavy atom. The lowest BCUT2D eigenvalue weighted by atomic mass is 9.77. The SMILES string of the molecule is NC1CCC2=C(C1)C(Cl)(CO)CC=C2.O=C(O)C=CC(=O)O. The second-order valence-electron chi connectivity index (χ2n) is 5.25. The maximum Gasteiger partial charge on any atom is 0.328 e. The fraction of sp³-hybridized carbons (Fsp3) is 0.467. The standard InChI is InChI=1S/C11H16ClNO.C4H4O4/c12-11(7-14)5-1-2-8-3-4-9(13)6-10(8)11;5-3(6)1-2-4(7)8/h1-2,9,14H,3-7,13H2;1-2H,(H,5,6)(H,7,8). The second-order valence-corrected chi connectivity index (χ2v) is 5.97. The van der Waals surface area contributed by atoms with Crippen LogP contribution in [0.2, 0.25) is 0 Å². The number of nitrogens with two attached hydrogens (primary N) is 1. The molecule has 0 aliphatic heterocycles. The fourth-order valence-electron chi connectivity index (χ4n) is 2.46. The molecule has 2 aliphatic carbocycles. The van der Waals surface area contributed by atoms with Crippen LogP contribution in [0.3, 0.4) is 0 Å². The Balaban J connectivity index is 0.000000261. The third-order valence-corrected chi connectivity index (χ3v) is 4.06. The van der Waals surface area contributed by atoms with Gasteiger partial charge in [-0.25, -0.2) is 9.59 Å². The number of aliphatic hydroxyl groups excluding tert-OH is 1. The summed E-state index contributed by atoms with van der Waals surface area (Å²) in [6.07, 6.45) is 8.89. The van der Waals surface area contributed by atoms with Gasteiger partial charge in [-0.3, -0.25) is 0 Å². The molecule has 2 atom stereocenters. The van der Waals surface area contributed by atoms with E-state index in [1.54, 1.807) is 0 Å². The summed E-state index contributed by atoms with van der Waals surface area (Å²) in [5, 5.41) is 25.0. The van der Waals surface area contributed by atoms with Gasteiger partial charge in [0, 0.05) is 18.2 Å². The molecule has 6 nitrogen and oxygen atoms in total. The van der Waals surface area contributed by atoms with Crippen LogP contribution in [0.5, 0.6) is 0 Å². The molecule has 7 heteroatoms. The summed E-state index contributed by atoms with van der Waals surface area (Å²) < 4.78 is 0. The molecule has 0 aromatic heterocycles. The fourth-order valence-corrected chi connectivity index (χ4v) is 2.74. The van der Waals surface area contributed by atoms with Gasteiger partial charge in [0.15, 0.2) is 0 Å². The van der Waals surface area contributed by atoms with Crippen molar-refractivity contribution in [2.45, 2.75) is 36.6 Å². The lowest BCUT2D eigenvalue weighted by Crippen LogP contribution is -2.37. The van der Waals surface area contributed by atoms with Crippen LogP contribution in [-0.4, -0.2) is 44.8 Å². The van der Waals surface area contributed by atoms with Crippen molar-refractivity contribution in [2.24, 2.45) is 5.73 Å². The van der Waals surface area contributed by atoms with Gasteiger partial charge in [-0.05, 0) is 36.8 Å². The summed E-state index contributed by atoms with van der Waals surface area (Å²) >= 11 is 6.38. The van der Waals surface area contributed by atoms with Crippen molar-refractivity contribution >= 4 is 23.5 Å². The van der Waals surface area contributed by atoms with Gasteiger partial charge in [-0.2, -0.15) is 0 Å². The zero-order valence-corrected chi connectivity index (χ0v) is 12.8. The number of halogens is 1. The van der Waals surface area contributed by atoms with Crippen LogP contribution in [-0.2, 0) is 9.59 Å².